The van der Waals surface area contributed by atoms with Crippen molar-refractivity contribution in [2.24, 2.45) is 0 Å². The fourth-order valence-electron chi connectivity index (χ4n) is 4.29. The molecule has 0 aliphatic carbocycles. The SMILES string of the molecule is COc1ccc2ncc(=O)n(-c3cnc4c(c3)OCC(NCc3cc5c(cn3)OCCO5)C4)c2n1.O=C(O)C=CC(=O)O. The summed E-state index contributed by atoms with van der Waals surface area (Å²) in [6.45, 7) is 2.09. The normalized spacial score (nSPS) is 15.1. The van der Waals surface area contributed by atoms with Crippen LogP contribution in [0.25, 0.3) is 16.9 Å². The van der Waals surface area contributed by atoms with E-state index in [1.165, 1.54) is 17.9 Å². The first-order valence-electron chi connectivity index (χ1n) is 13.0. The number of pyridine rings is 3. The molecule has 6 rings (SSSR count). The van der Waals surface area contributed by atoms with Gasteiger partial charge in [-0.2, -0.15) is 4.98 Å². The second kappa shape index (κ2) is 12.9. The summed E-state index contributed by atoms with van der Waals surface area (Å²) in [5.41, 5.74) is 2.86. The molecule has 222 valence electrons. The number of methoxy groups -OCH3 is 1. The Hall–Kier alpha value is -5.57. The molecule has 6 heterocycles. The summed E-state index contributed by atoms with van der Waals surface area (Å²) in [5.74, 6) is -0.0991. The summed E-state index contributed by atoms with van der Waals surface area (Å²) in [7, 11) is 1.52. The number of carbonyl (C=O) groups is 2. The van der Waals surface area contributed by atoms with Crippen molar-refractivity contribution in [2.45, 2.75) is 19.0 Å². The lowest BCUT2D eigenvalue weighted by atomic mass is 10.1. The number of aromatic nitrogens is 5. The van der Waals surface area contributed by atoms with Gasteiger partial charge in [-0.3, -0.25) is 19.3 Å². The number of nitrogens with zero attached hydrogens (tertiary/aromatic N) is 5. The molecular formula is C28H26N6O9. The molecule has 15 heteroatoms. The first kappa shape index (κ1) is 28.9. The van der Waals surface area contributed by atoms with Gasteiger partial charge in [-0.15, -0.1) is 0 Å². The first-order valence-corrected chi connectivity index (χ1v) is 13.0. The van der Waals surface area contributed by atoms with Gasteiger partial charge < -0.3 is 34.5 Å². The lowest BCUT2D eigenvalue weighted by Gasteiger charge is -2.26. The van der Waals surface area contributed by atoms with Gasteiger partial charge in [-0.05, 0) is 6.07 Å². The molecule has 15 nitrogen and oxygen atoms in total. The number of rotatable bonds is 7. The molecule has 0 saturated heterocycles. The zero-order chi connectivity index (χ0) is 30.3. The molecule has 1 unspecified atom stereocenters. The van der Waals surface area contributed by atoms with Crippen molar-refractivity contribution < 1.29 is 38.7 Å². The van der Waals surface area contributed by atoms with Gasteiger partial charge in [0.25, 0.3) is 5.56 Å². The predicted octanol–water partition coefficient (Wildman–Crippen LogP) is 1.16. The third-order valence-corrected chi connectivity index (χ3v) is 6.27. The number of fused-ring (bicyclic) bond motifs is 3. The van der Waals surface area contributed by atoms with Crippen molar-refractivity contribution in [1.82, 2.24) is 29.8 Å². The van der Waals surface area contributed by atoms with Crippen LogP contribution < -0.4 is 29.8 Å². The van der Waals surface area contributed by atoms with Crippen molar-refractivity contribution in [3.05, 3.63) is 76.7 Å². The van der Waals surface area contributed by atoms with Crippen LogP contribution in [0.2, 0.25) is 0 Å². The minimum Gasteiger partial charge on any atom is -0.490 e. The van der Waals surface area contributed by atoms with E-state index in [1.54, 1.807) is 24.5 Å². The maximum Gasteiger partial charge on any atom is 0.328 e. The van der Waals surface area contributed by atoms with Crippen molar-refractivity contribution >= 4 is 23.1 Å². The Morgan fingerprint density at radius 3 is 2.51 bits per heavy atom. The molecule has 2 aliphatic heterocycles. The summed E-state index contributed by atoms with van der Waals surface area (Å²) in [5, 5.41) is 19.1. The van der Waals surface area contributed by atoms with E-state index in [1.807, 2.05) is 12.1 Å². The highest BCUT2D eigenvalue weighted by molar-refractivity contribution is 5.89. The third kappa shape index (κ3) is 7.02. The van der Waals surface area contributed by atoms with Crippen LogP contribution in [0.3, 0.4) is 0 Å². The van der Waals surface area contributed by atoms with Gasteiger partial charge >= 0.3 is 11.9 Å². The second-order valence-electron chi connectivity index (χ2n) is 9.19. The smallest absolute Gasteiger partial charge is 0.328 e. The highest BCUT2D eigenvalue weighted by Gasteiger charge is 2.23. The number of hydrogen-bond acceptors (Lipinski definition) is 12. The number of nitrogens with one attached hydrogen (secondary N) is 1. The Kier molecular flexibility index (Phi) is 8.71. The molecule has 43 heavy (non-hydrogen) atoms. The summed E-state index contributed by atoms with van der Waals surface area (Å²) in [6.07, 6.45) is 6.40. The van der Waals surface area contributed by atoms with E-state index in [9.17, 15) is 14.4 Å². The van der Waals surface area contributed by atoms with Gasteiger partial charge in [-0.25, -0.2) is 14.6 Å². The van der Waals surface area contributed by atoms with E-state index in [2.05, 4.69) is 25.3 Å². The molecule has 3 N–H and O–H groups in total. The molecule has 0 bridgehead atoms. The molecule has 0 spiro atoms. The number of carboxylic acid groups (broad SMARTS) is 2. The van der Waals surface area contributed by atoms with Gasteiger partial charge in [0.2, 0.25) is 5.88 Å². The zero-order valence-corrected chi connectivity index (χ0v) is 22.8. The first-order chi connectivity index (χ1) is 20.8. The number of aliphatic carboxylic acids is 2. The van der Waals surface area contributed by atoms with Crippen LogP contribution in [-0.4, -0.2) is 79.6 Å². The van der Waals surface area contributed by atoms with Crippen molar-refractivity contribution in [2.75, 3.05) is 26.9 Å². The average molecular weight is 591 g/mol. The second-order valence-corrected chi connectivity index (χ2v) is 9.19. The van der Waals surface area contributed by atoms with Gasteiger partial charge in [0.05, 0.1) is 42.8 Å². The van der Waals surface area contributed by atoms with Crippen LogP contribution in [0.5, 0.6) is 23.1 Å². The zero-order valence-electron chi connectivity index (χ0n) is 22.8. The monoisotopic (exact) mass is 590 g/mol. The van der Waals surface area contributed by atoms with Crippen molar-refractivity contribution in [3.8, 4) is 28.8 Å². The Bertz CT molecular complexity index is 1740. The lowest BCUT2D eigenvalue weighted by Crippen LogP contribution is -2.39. The van der Waals surface area contributed by atoms with Gasteiger partial charge in [0.1, 0.15) is 31.1 Å². The summed E-state index contributed by atoms with van der Waals surface area (Å²) in [6, 6.07) is 7.22. The fraction of sp³-hybridized carbons (Fsp3) is 0.250. The molecule has 4 aromatic heterocycles. The van der Waals surface area contributed by atoms with Crippen LogP contribution in [-0.2, 0) is 22.6 Å². The Labute approximate surface area is 243 Å². The van der Waals surface area contributed by atoms with E-state index >= 15 is 0 Å². The van der Waals surface area contributed by atoms with Crippen molar-refractivity contribution in [1.29, 1.82) is 0 Å². The molecule has 0 radical (unpaired) electrons. The minimum absolute atomic E-state index is 0.0613. The van der Waals surface area contributed by atoms with Crippen LogP contribution in [0, 0.1) is 0 Å². The van der Waals surface area contributed by atoms with E-state index in [-0.39, 0.29) is 11.6 Å². The Morgan fingerprint density at radius 2 is 1.77 bits per heavy atom. The number of hydrogen-bond donors (Lipinski definition) is 3. The highest BCUT2D eigenvalue weighted by atomic mass is 16.6. The van der Waals surface area contributed by atoms with E-state index in [0.29, 0.717) is 84.9 Å². The molecule has 0 fully saturated rings. The third-order valence-electron chi connectivity index (χ3n) is 6.27. The largest absolute Gasteiger partial charge is 0.490 e. The highest BCUT2D eigenvalue weighted by Crippen LogP contribution is 2.30. The maximum atomic E-state index is 12.7. The number of ether oxygens (including phenoxy) is 4. The molecular weight excluding hydrogens is 564 g/mol. The van der Waals surface area contributed by atoms with Crippen molar-refractivity contribution in [3.63, 3.8) is 0 Å². The topological polar surface area (TPSA) is 197 Å². The minimum atomic E-state index is -1.26. The molecule has 4 aromatic rings. The summed E-state index contributed by atoms with van der Waals surface area (Å²) >= 11 is 0. The Morgan fingerprint density at radius 1 is 1.00 bits per heavy atom. The maximum absolute atomic E-state index is 12.7. The van der Waals surface area contributed by atoms with Gasteiger partial charge in [0, 0.05) is 49.4 Å². The van der Waals surface area contributed by atoms with Crippen LogP contribution in [0.4, 0.5) is 0 Å². The molecule has 0 saturated carbocycles. The molecule has 0 amide bonds. The fourth-order valence-corrected chi connectivity index (χ4v) is 4.29. The molecule has 0 aromatic carbocycles. The summed E-state index contributed by atoms with van der Waals surface area (Å²) < 4.78 is 23.8. The molecule has 2 aliphatic rings. The number of carboxylic acids is 2. The van der Waals surface area contributed by atoms with Gasteiger partial charge in [-0.1, -0.05) is 0 Å². The lowest BCUT2D eigenvalue weighted by molar-refractivity contribution is -0.134. The van der Waals surface area contributed by atoms with E-state index in [0.717, 1.165) is 11.4 Å². The average Bonchev–Trinajstić information content (AvgIpc) is 3.02. The van der Waals surface area contributed by atoms with Crippen LogP contribution >= 0.6 is 0 Å². The van der Waals surface area contributed by atoms with E-state index in [4.69, 9.17) is 29.2 Å². The Balaban J connectivity index is 0.000000407. The van der Waals surface area contributed by atoms with Crippen LogP contribution in [0.1, 0.15) is 11.4 Å². The quantitative estimate of drug-likeness (QED) is 0.259. The van der Waals surface area contributed by atoms with Gasteiger partial charge in [0.15, 0.2) is 17.1 Å². The van der Waals surface area contributed by atoms with E-state index < -0.39 is 11.9 Å². The summed E-state index contributed by atoms with van der Waals surface area (Å²) in [4.78, 5) is 49.4. The molecule has 1 atom stereocenters. The van der Waals surface area contributed by atoms with Crippen LogP contribution in [0.15, 0.2) is 59.8 Å². The standard InChI is InChI=1S/C24H22N6O5.C4H4O4/c1-32-22-3-2-17-24(29-22)30(23(31)12-28-17)16-8-19-18(27-10-16)6-15(13-35-19)25-9-14-7-20-21(11-26-14)34-5-4-33-20;5-3(6)1-2-4(7)8/h2-3,7-8,10-12,15,25H,4-6,9,13H2,1H3;1-2H,(H,5,6)(H,7,8). The predicted molar refractivity (Wildman–Crippen MR) is 149 cm³/mol.